The Hall–Kier alpha value is -2.86. The van der Waals surface area contributed by atoms with Gasteiger partial charge in [0.05, 0.1) is 115 Å². The molecule has 37 N–H and O–H groups in total. The highest BCUT2D eigenvalue weighted by Gasteiger charge is 2.60. The highest BCUT2D eigenvalue weighted by Crippen LogP contribution is 2.39. The molecule has 9 aliphatic rings. The van der Waals surface area contributed by atoms with E-state index in [1.807, 2.05) is 0 Å². The molecule has 0 bridgehead atoms. The molecule has 9 saturated heterocycles. The third-order valence-corrected chi connectivity index (χ3v) is 19.9. The number of nitrogens with one attached hydrogen (secondary N) is 1. The first-order chi connectivity index (χ1) is 50.8. The fourth-order valence-corrected chi connectivity index (χ4v) is 13.7. The number of hydrogen-bond acceptors (Lipinski definition) is 48. The number of hydrogen-bond donors (Lipinski definition) is 29. The van der Waals surface area contributed by atoms with Gasteiger partial charge in [0.15, 0.2) is 56.6 Å². The van der Waals surface area contributed by atoms with Crippen molar-refractivity contribution in [1.82, 2.24) is 5.32 Å². The number of aliphatic hydroxyl groups is 20. The van der Waals surface area contributed by atoms with Crippen LogP contribution in [0.15, 0.2) is 0 Å². The van der Waals surface area contributed by atoms with E-state index >= 15 is 0 Å². The van der Waals surface area contributed by atoms with Crippen molar-refractivity contribution in [2.45, 2.75) is 283 Å². The lowest BCUT2D eigenvalue weighted by Gasteiger charge is -2.51. The number of aldehydes is 1. The van der Waals surface area contributed by atoms with Crippen LogP contribution in [0.25, 0.3) is 0 Å². The van der Waals surface area contributed by atoms with Crippen molar-refractivity contribution in [2.75, 3.05) is 66.6 Å². The van der Waals surface area contributed by atoms with Crippen molar-refractivity contribution < 1.29 is 197 Å². The number of alkyl carbamates (subject to hydrolysis) is 1. The summed E-state index contributed by atoms with van der Waals surface area (Å²) in [5.74, 6) is 0. The molecule has 0 unspecified atom stereocenters. The molecule has 0 spiro atoms. The number of carbonyl (C=O) groups is 2. The summed E-state index contributed by atoms with van der Waals surface area (Å²) in [6, 6.07) is -14.6. The summed E-state index contributed by atoms with van der Waals surface area (Å²) in [5, 5.41) is 219. The Bertz CT molecular complexity index is 2670. The molecule has 9 aliphatic heterocycles. The van der Waals surface area contributed by atoms with Gasteiger partial charge in [-0.05, 0) is 6.92 Å². The van der Waals surface area contributed by atoms with Crippen molar-refractivity contribution in [3.63, 3.8) is 0 Å². The van der Waals surface area contributed by atoms with Gasteiger partial charge in [0.1, 0.15) is 177 Å². The quantitative estimate of drug-likeness (QED) is 0.0358. The van der Waals surface area contributed by atoms with E-state index in [9.17, 15) is 107 Å². The van der Waals surface area contributed by atoms with Crippen molar-refractivity contribution in [3.05, 3.63) is 0 Å². The van der Waals surface area contributed by atoms with Crippen LogP contribution in [-0.2, 0) is 90.1 Å². The number of nitrogens with two attached hydrogens (primary N) is 8. The van der Waals surface area contributed by atoms with Gasteiger partial charge in [-0.25, -0.2) is 4.79 Å². The molecule has 9 fully saturated rings. The van der Waals surface area contributed by atoms with Crippen molar-refractivity contribution in [3.8, 4) is 0 Å². The highest BCUT2D eigenvalue weighted by atomic mass is 16.8. The van der Waals surface area contributed by atoms with Crippen LogP contribution in [0.4, 0.5) is 4.79 Å². The van der Waals surface area contributed by atoms with Crippen molar-refractivity contribution in [2.24, 2.45) is 45.9 Å². The second kappa shape index (κ2) is 39.9. The third kappa shape index (κ3) is 19.4. The Morgan fingerprint density at radius 3 is 0.720 bits per heavy atom. The molecule has 624 valence electrons. The van der Waals surface area contributed by atoms with Gasteiger partial charge in [-0.3, -0.25) is 0 Å². The van der Waals surface area contributed by atoms with Crippen LogP contribution in [0.5, 0.6) is 0 Å². The standard InChI is InChI=1S/C56H103N9O39.C2H4O/c1-87-56(86)65-28-38(84)46(19(10-74)96-55(28)104-45-18(9-73)95-49(27(64)37(45)83)97-39-12(3-67)88-47(85)20(57)31(39)77)103-54-26(63)36(82)44(17(8-72)94-54)102-53-25(62)35(81)43(16(7-71)93-53)101-52-24(61)34(80)42(15(6-70)92-52)100-51-23(60)33(79)41(14(5-69)91-51)99-50-22(59)32(78)40(13(4-68)90-50)98-48-21(58)30(76)29(75)11(2-66)89-48;1-2-3/h11-55,66-85H,2-10,57-64H2,1H3,(H,65,86);2H,1H3/t11-,12-,13-,14-,15-,16-,17-,18-,19-,20-,21-,22-,23-,24-,25-,26-,27-,28-,29-,30-,31-,32-,33-,34-,35-,36-,37-,38-,39-,40-,41-,42-,43-,44-,45-,46-,47-,48+,49+,50+,51+,52+,53+,54+,55+;/m1./s1. The van der Waals surface area contributed by atoms with Crippen LogP contribution >= 0.6 is 0 Å². The van der Waals surface area contributed by atoms with Crippen molar-refractivity contribution in [1.29, 1.82) is 0 Å². The van der Waals surface area contributed by atoms with Gasteiger partial charge in [-0.2, -0.15) is 0 Å². The van der Waals surface area contributed by atoms with E-state index in [2.05, 4.69) is 5.32 Å². The topological polar surface area (TPSA) is 825 Å². The summed E-state index contributed by atoms with van der Waals surface area (Å²) < 4.78 is 104. The van der Waals surface area contributed by atoms with Gasteiger partial charge < -0.3 is 243 Å². The monoisotopic (exact) mass is 1570 g/mol. The molecule has 49 heteroatoms. The Morgan fingerprint density at radius 1 is 0.299 bits per heavy atom. The number of aliphatic hydroxyl groups excluding tert-OH is 20. The molecule has 0 radical (unpaired) electrons. The van der Waals surface area contributed by atoms with Crippen molar-refractivity contribution >= 4 is 12.4 Å². The van der Waals surface area contributed by atoms with E-state index in [1.165, 1.54) is 6.92 Å². The predicted octanol–water partition coefficient (Wildman–Crippen LogP) is -20.3. The maximum absolute atomic E-state index is 12.8. The molecule has 0 aromatic heterocycles. The van der Waals surface area contributed by atoms with E-state index in [1.54, 1.807) is 0 Å². The van der Waals surface area contributed by atoms with Crippen LogP contribution in [0, 0.1) is 0 Å². The van der Waals surface area contributed by atoms with Crippen LogP contribution < -0.4 is 51.2 Å². The van der Waals surface area contributed by atoms with E-state index in [-0.39, 0.29) is 0 Å². The molecule has 0 aromatic rings. The number of methoxy groups -OCH3 is 1. The number of amides is 1. The first kappa shape index (κ1) is 89.7. The molecule has 1 amide bonds. The van der Waals surface area contributed by atoms with Gasteiger partial charge in [0.2, 0.25) is 0 Å². The molecular weight excluding hydrogens is 1460 g/mol. The minimum atomic E-state index is -2.04. The molecule has 49 nitrogen and oxygen atoms in total. The Morgan fingerprint density at radius 2 is 0.486 bits per heavy atom. The van der Waals surface area contributed by atoms with E-state index in [0.29, 0.717) is 0 Å². The van der Waals surface area contributed by atoms with Gasteiger partial charge in [0, 0.05) is 0 Å². The lowest BCUT2D eigenvalue weighted by molar-refractivity contribution is -0.372. The minimum Gasteiger partial charge on any atom is -0.453 e. The Labute approximate surface area is 608 Å². The predicted molar refractivity (Wildman–Crippen MR) is 338 cm³/mol. The largest absolute Gasteiger partial charge is 0.453 e. The SMILES string of the molecule is CC=O.COC(=O)N[C@H]1[C@H](O[C@H]2[C@H](O)[C@@H](N)[C@H](O[C@H]3[C@H](O)[C@@H](N)[C@H](O)O[C@@H]3CO)O[C@@H]2CO)O[C@H](CO)[C@@H](O[C@@H]2O[C@H](CO)[C@@H](O[C@@H]3O[C@H](CO)[C@@H](O[C@@H]4O[C@H](CO)[C@@H](O[C@@H]5O[C@H](CO)[C@@H](O[C@@H]6O[C@H](CO)[C@@H](O[C@@H]7O[C@H](CO)[C@@H](O)[C@H](O)[C@H]7N)[C@H](O)[C@H]6N)[C@H](O)[C@H]5N)[C@H](O)[C@H]4N)[C@H](O)[C@H]3N)[C@H](O)[C@H]2N)[C@@H]1O. The number of ether oxygens (including phenoxy) is 18. The summed E-state index contributed by atoms with van der Waals surface area (Å²) in [6.07, 6.45) is -61.8. The first-order valence-electron chi connectivity index (χ1n) is 34.2. The second-order valence-electron chi connectivity index (χ2n) is 26.8. The van der Waals surface area contributed by atoms with Gasteiger partial charge in [-0.15, -0.1) is 0 Å². The zero-order valence-corrected chi connectivity index (χ0v) is 57.7. The zero-order chi connectivity index (χ0) is 79.1. The summed E-state index contributed by atoms with van der Waals surface area (Å²) in [6.45, 7) is -6.80. The Kier molecular flexibility index (Phi) is 33.5. The normalized spacial score (nSPS) is 50.6. The van der Waals surface area contributed by atoms with Gasteiger partial charge in [0.25, 0.3) is 0 Å². The zero-order valence-electron chi connectivity index (χ0n) is 57.7. The van der Waals surface area contributed by atoms with E-state index < -0.39 is 341 Å². The fraction of sp³-hybridized carbons (Fsp3) is 0.966. The van der Waals surface area contributed by atoms with Crippen LogP contribution in [0.3, 0.4) is 0 Å². The maximum atomic E-state index is 12.8. The third-order valence-electron chi connectivity index (χ3n) is 19.9. The molecule has 9 rings (SSSR count). The lowest BCUT2D eigenvalue weighted by atomic mass is 9.93. The van der Waals surface area contributed by atoms with Crippen LogP contribution in [0.1, 0.15) is 6.92 Å². The fourth-order valence-electron chi connectivity index (χ4n) is 13.7. The average molecular weight is 1570 g/mol. The summed E-state index contributed by atoms with van der Waals surface area (Å²) in [7, 11) is 0.957. The van der Waals surface area contributed by atoms with Gasteiger partial charge >= 0.3 is 6.09 Å². The van der Waals surface area contributed by atoms with Crippen LogP contribution in [-0.4, -0.2) is 457 Å². The lowest BCUT2D eigenvalue weighted by Crippen LogP contribution is -2.71. The smallest absolute Gasteiger partial charge is 0.407 e. The second-order valence-corrected chi connectivity index (χ2v) is 26.8. The molecule has 0 aliphatic carbocycles. The number of rotatable bonds is 26. The molecule has 107 heavy (non-hydrogen) atoms. The number of carbonyl (C=O) groups excluding carboxylic acids is 2. The average Bonchev–Trinajstić information content (AvgIpc) is 0.774. The molecule has 0 aromatic carbocycles. The summed E-state index contributed by atoms with van der Waals surface area (Å²) in [5.41, 5.74) is 50.2. The molecule has 0 saturated carbocycles. The first-order valence-corrected chi connectivity index (χ1v) is 34.2. The summed E-state index contributed by atoms with van der Waals surface area (Å²) in [4.78, 5) is 21.6. The maximum Gasteiger partial charge on any atom is 0.407 e. The van der Waals surface area contributed by atoms with E-state index in [4.69, 9.17) is 136 Å². The molecular formula is C58H107N9O40. The van der Waals surface area contributed by atoms with Gasteiger partial charge in [-0.1, -0.05) is 0 Å². The molecule has 45 atom stereocenters. The van der Waals surface area contributed by atoms with Crippen LogP contribution in [0.2, 0.25) is 0 Å². The molecule has 9 heterocycles. The highest BCUT2D eigenvalue weighted by molar-refractivity contribution is 5.67. The summed E-state index contributed by atoms with van der Waals surface area (Å²) >= 11 is 0. The minimum absolute atomic E-state index is 0.750. The van der Waals surface area contributed by atoms with E-state index in [0.717, 1.165) is 13.4 Å². The Balaban J connectivity index is 0.00000473.